The molecule has 1 aliphatic heterocycles. The van der Waals surface area contributed by atoms with E-state index in [0.717, 1.165) is 56.2 Å². The van der Waals surface area contributed by atoms with Crippen LogP contribution < -0.4 is 5.32 Å². The topological polar surface area (TPSA) is 24.5 Å². The Bertz CT molecular complexity index is 213. The summed E-state index contributed by atoms with van der Waals surface area (Å²) in [6.07, 6.45) is 1.02. The van der Waals surface area contributed by atoms with Gasteiger partial charge in [-0.15, -0.1) is 0 Å². The van der Waals surface area contributed by atoms with E-state index in [0.29, 0.717) is 0 Å². The fourth-order valence-corrected chi connectivity index (χ4v) is 2.17. The van der Waals surface area contributed by atoms with Gasteiger partial charge in [0, 0.05) is 32.8 Å². The van der Waals surface area contributed by atoms with Crippen molar-refractivity contribution in [1.82, 2.24) is 10.2 Å². The first-order chi connectivity index (χ1) is 7.65. The second kappa shape index (κ2) is 7.07. The fraction of sp³-hybridized carbons (Fsp3) is 0.917. The van der Waals surface area contributed by atoms with Crippen molar-refractivity contribution in [2.45, 2.75) is 27.2 Å². The number of hydrogen-bond acceptors (Lipinski definition) is 2. The summed E-state index contributed by atoms with van der Waals surface area (Å²) in [5, 5.41) is 4.21. The molecule has 1 fully saturated rings. The molecule has 0 aliphatic carbocycles. The van der Waals surface area contributed by atoms with Gasteiger partial charge in [-0.25, -0.2) is 0 Å². The van der Waals surface area contributed by atoms with Gasteiger partial charge in [0.2, 0.25) is 0 Å². The Hall–Kier alpha value is -0.350. The molecular weight excluding hydrogens is 220 g/mol. The molecule has 1 heterocycles. The summed E-state index contributed by atoms with van der Waals surface area (Å²) >= 11 is 5.37. The minimum Gasteiger partial charge on any atom is -0.382 e. The maximum Gasteiger partial charge on any atom is 0.168 e. The van der Waals surface area contributed by atoms with E-state index in [-0.39, 0.29) is 0 Å². The van der Waals surface area contributed by atoms with Crippen molar-refractivity contribution < 1.29 is 4.74 Å². The van der Waals surface area contributed by atoms with Crippen LogP contribution in [0.3, 0.4) is 0 Å². The van der Waals surface area contributed by atoms with Gasteiger partial charge in [-0.3, -0.25) is 0 Å². The van der Waals surface area contributed by atoms with Crippen LogP contribution in [0.25, 0.3) is 0 Å². The summed E-state index contributed by atoms with van der Waals surface area (Å²) in [6, 6.07) is 0. The van der Waals surface area contributed by atoms with Crippen LogP contribution in [0.15, 0.2) is 0 Å². The smallest absolute Gasteiger partial charge is 0.168 e. The van der Waals surface area contributed by atoms with Crippen LogP contribution in [-0.2, 0) is 4.74 Å². The van der Waals surface area contributed by atoms with E-state index in [4.69, 9.17) is 17.0 Å². The molecule has 0 aromatic carbocycles. The molecule has 3 nitrogen and oxygen atoms in total. The van der Waals surface area contributed by atoms with Crippen molar-refractivity contribution in [2.75, 3.05) is 32.8 Å². The second-order valence-electron chi connectivity index (χ2n) is 4.64. The van der Waals surface area contributed by atoms with E-state index in [9.17, 15) is 0 Å². The number of rotatable bonds is 5. The lowest BCUT2D eigenvalue weighted by atomic mass is 10.0. The number of hydrogen-bond donors (Lipinski definition) is 1. The van der Waals surface area contributed by atoms with Crippen LogP contribution in [0, 0.1) is 11.8 Å². The highest BCUT2D eigenvalue weighted by atomic mass is 32.1. The maximum absolute atomic E-state index is 5.37. The monoisotopic (exact) mass is 244 g/mol. The normalized spacial score (nSPS) is 24.8. The van der Waals surface area contributed by atoms with Crippen LogP contribution >= 0.6 is 12.2 Å². The Balaban J connectivity index is 2.11. The van der Waals surface area contributed by atoms with Gasteiger partial charge < -0.3 is 15.0 Å². The van der Waals surface area contributed by atoms with Crippen LogP contribution in [0.2, 0.25) is 0 Å². The minimum absolute atomic E-state index is 0.753. The molecule has 0 aromatic rings. The molecule has 0 radical (unpaired) electrons. The zero-order valence-corrected chi connectivity index (χ0v) is 11.5. The zero-order valence-electron chi connectivity index (χ0n) is 10.7. The van der Waals surface area contributed by atoms with Crippen molar-refractivity contribution in [3.8, 4) is 0 Å². The number of nitrogens with zero attached hydrogens (tertiary/aromatic N) is 1. The van der Waals surface area contributed by atoms with Gasteiger partial charge in [-0.1, -0.05) is 13.8 Å². The highest BCUT2D eigenvalue weighted by molar-refractivity contribution is 7.80. The third-order valence-corrected chi connectivity index (χ3v) is 3.62. The standard InChI is InChI=1S/C12H24N2OS/c1-4-15-7-5-6-13-12(16)14-8-10(2)11(3)9-14/h10-11H,4-9H2,1-3H3,(H,13,16). The van der Waals surface area contributed by atoms with Crippen LogP contribution in [-0.4, -0.2) is 42.9 Å². The summed E-state index contributed by atoms with van der Waals surface area (Å²) < 4.78 is 5.28. The number of thiocarbonyl (C=S) groups is 1. The van der Waals surface area contributed by atoms with Crippen molar-refractivity contribution in [1.29, 1.82) is 0 Å². The molecule has 0 amide bonds. The lowest BCUT2D eigenvalue weighted by Gasteiger charge is -2.20. The van der Waals surface area contributed by atoms with E-state index >= 15 is 0 Å². The van der Waals surface area contributed by atoms with Crippen molar-refractivity contribution in [2.24, 2.45) is 11.8 Å². The Morgan fingerprint density at radius 2 is 2.00 bits per heavy atom. The lowest BCUT2D eigenvalue weighted by molar-refractivity contribution is 0.145. The predicted molar refractivity (Wildman–Crippen MR) is 71.6 cm³/mol. The van der Waals surface area contributed by atoms with Gasteiger partial charge in [0.25, 0.3) is 0 Å². The summed E-state index contributed by atoms with van der Waals surface area (Å²) in [4.78, 5) is 2.28. The van der Waals surface area contributed by atoms with Gasteiger partial charge in [0.1, 0.15) is 0 Å². The van der Waals surface area contributed by atoms with Gasteiger partial charge >= 0.3 is 0 Å². The third-order valence-electron chi connectivity index (χ3n) is 3.22. The summed E-state index contributed by atoms with van der Waals surface area (Å²) in [5.74, 6) is 1.51. The van der Waals surface area contributed by atoms with Gasteiger partial charge in [-0.2, -0.15) is 0 Å². The highest BCUT2D eigenvalue weighted by Crippen LogP contribution is 2.21. The predicted octanol–water partition coefficient (Wildman–Crippen LogP) is 1.88. The summed E-state index contributed by atoms with van der Waals surface area (Å²) in [7, 11) is 0. The summed E-state index contributed by atoms with van der Waals surface area (Å²) in [5.41, 5.74) is 0. The van der Waals surface area contributed by atoms with Crippen LogP contribution in [0.1, 0.15) is 27.2 Å². The van der Waals surface area contributed by atoms with Gasteiger partial charge in [0.05, 0.1) is 0 Å². The van der Waals surface area contributed by atoms with Crippen molar-refractivity contribution in [3.05, 3.63) is 0 Å². The Morgan fingerprint density at radius 3 is 2.56 bits per heavy atom. The summed E-state index contributed by atoms with van der Waals surface area (Å²) in [6.45, 7) is 11.3. The molecule has 2 unspecified atom stereocenters. The largest absolute Gasteiger partial charge is 0.382 e. The molecule has 0 aromatic heterocycles. The first-order valence-electron chi connectivity index (χ1n) is 6.25. The van der Waals surface area contributed by atoms with Crippen molar-refractivity contribution >= 4 is 17.3 Å². The van der Waals surface area contributed by atoms with Gasteiger partial charge in [-0.05, 0) is 37.4 Å². The Morgan fingerprint density at radius 1 is 1.38 bits per heavy atom. The van der Waals surface area contributed by atoms with E-state index in [1.165, 1.54) is 0 Å². The first kappa shape index (κ1) is 13.7. The number of ether oxygens (including phenoxy) is 1. The first-order valence-corrected chi connectivity index (χ1v) is 6.66. The quantitative estimate of drug-likeness (QED) is 0.589. The zero-order chi connectivity index (χ0) is 12.0. The molecule has 0 saturated carbocycles. The molecule has 1 aliphatic rings. The van der Waals surface area contributed by atoms with E-state index < -0.39 is 0 Å². The molecule has 1 N–H and O–H groups in total. The molecule has 1 rings (SSSR count). The molecule has 0 bridgehead atoms. The maximum atomic E-state index is 5.37. The average molecular weight is 244 g/mol. The highest BCUT2D eigenvalue weighted by Gasteiger charge is 2.27. The van der Waals surface area contributed by atoms with E-state index in [2.05, 4.69) is 24.1 Å². The molecule has 94 valence electrons. The average Bonchev–Trinajstić information content (AvgIpc) is 2.59. The second-order valence-corrected chi connectivity index (χ2v) is 5.03. The third kappa shape index (κ3) is 4.26. The van der Waals surface area contributed by atoms with E-state index in [1.54, 1.807) is 0 Å². The Kier molecular flexibility index (Phi) is 6.06. The SMILES string of the molecule is CCOCCCNC(=S)N1CC(C)C(C)C1. The fourth-order valence-electron chi connectivity index (χ4n) is 1.92. The molecular formula is C12H24N2OS. The minimum atomic E-state index is 0.753. The molecule has 1 saturated heterocycles. The lowest BCUT2D eigenvalue weighted by Crippen LogP contribution is -2.39. The molecule has 4 heteroatoms. The number of likely N-dealkylation sites (tertiary alicyclic amines) is 1. The van der Waals surface area contributed by atoms with Crippen molar-refractivity contribution in [3.63, 3.8) is 0 Å². The van der Waals surface area contributed by atoms with Crippen LogP contribution in [0.4, 0.5) is 0 Å². The number of nitrogens with one attached hydrogen (secondary N) is 1. The Labute approximate surface area is 105 Å². The molecule has 2 atom stereocenters. The molecule has 16 heavy (non-hydrogen) atoms. The molecule has 0 spiro atoms. The van der Waals surface area contributed by atoms with Gasteiger partial charge in [0.15, 0.2) is 5.11 Å². The van der Waals surface area contributed by atoms with E-state index in [1.807, 2.05) is 6.92 Å². The van der Waals surface area contributed by atoms with Crippen LogP contribution in [0.5, 0.6) is 0 Å².